The molecule has 4 saturated carbocycles. The molecule has 34 heavy (non-hydrogen) atoms. The van der Waals surface area contributed by atoms with Crippen LogP contribution in [0.1, 0.15) is 45.4 Å². The predicted molar refractivity (Wildman–Crippen MR) is 128 cm³/mol. The summed E-state index contributed by atoms with van der Waals surface area (Å²) in [6.07, 6.45) is 6.02. The molecule has 4 aliphatic carbocycles. The summed E-state index contributed by atoms with van der Waals surface area (Å²) >= 11 is 6.03. The SMILES string of the molecule is CC(CC#N)(C(N)=NC1C2CC3CC1CC(C(=O)O)(C3)C2)N1CCN(c2cc(Cl)ncn2)CC1. The average Bonchev–Trinajstić information content (AvgIpc) is 2.81. The van der Waals surface area contributed by atoms with Gasteiger partial charge in [0.1, 0.15) is 23.1 Å². The third-order valence-corrected chi connectivity index (χ3v) is 9.07. The van der Waals surface area contributed by atoms with Crippen LogP contribution < -0.4 is 10.6 Å². The third-order valence-electron chi connectivity index (χ3n) is 8.86. The van der Waals surface area contributed by atoms with Crippen LogP contribution in [0.4, 0.5) is 5.82 Å². The molecular formula is C24H32ClN7O2. The molecule has 3 atom stereocenters. The molecule has 0 spiro atoms. The normalized spacial score (nSPS) is 35.1. The van der Waals surface area contributed by atoms with E-state index >= 15 is 0 Å². The van der Waals surface area contributed by atoms with Crippen LogP contribution in [0.15, 0.2) is 17.4 Å². The number of nitrogens with two attached hydrogens (primary N) is 1. The number of aromatic nitrogens is 2. The molecule has 3 unspecified atom stereocenters. The fourth-order valence-electron chi connectivity index (χ4n) is 7.21. The maximum absolute atomic E-state index is 12.1. The number of aliphatic imine (C=N–C) groups is 1. The van der Waals surface area contributed by atoms with Gasteiger partial charge in [0.05, 0.1) is 29.5 Å². The van der Waals surface area contributed by atoms with Crippen molar-refractivity contribution in [1.82, 2.24) is 14.9 Å². The Bertz CT molecular complexity index is 1020. The highest BCUT2D eigenvalue weighted by Gasteiger charge is 2.59. The Balaban J connectivity index is 1.33. The van der Waals surface area contributed by atoms with Gasteiger partial charge in [-0.15, -0.1) is 0 Å². The van der Waals surface area contributed by atoms with Gasteiger partial charge >= 0.3 is 5.97 Å². The summed E-state index contributed by atoms with van der Waals surface area (Å²) in [5.74, 6) is 1.70. The van der Waals surface area contributed by atoms with Crippen LogP contribution in [-0.4, -0.2) is 69.5 Å². The minimum absolute atomic E-state index is 0.0616. The molecule has 182 valence electrons. The summed E-state index contributed by atoms with van der Waals surface area (Å²) in [4.78, 5) is 29.8. The van der Waals surface area contributed by atoms with Gasteiger partial charge in [0.2, 0.25) is 0 Å². The zero-order valence-corrected chi connectivity index (χ0v) is 20.3. The number of aliphatic carboxylic acids is 1. The van der Waals surface area contributed by atoms with Gasteiger partial charge in [-0.2, -0.15) is 5.26 Å². The molecule has 6 rings (SSSR count). The molecule has 10 heteroatoms. The lowest BCUT2D eigenvalue weighted by molar-refractivity contribution is -0.166. The second-order valence-electron chi connectivity index (χ2n) is 10.8. The van der Waals surface area contributed by atoms with Crippen molar-refractivity contribution in [3.8, 4) is 6.07 Å². The van der Waals surface area contributed by atoms with Gasteiger partial charge in [0.25, 0.3) is 0 Å². The summed E-state index contributed by atoms with van der Waals surface area (Å²) in [6.45, 7) is 4.93. The fraction of sp³-hybridized carbons (Fsp3) is 0.708. The zero-order valence-electron chi connectivity index (χ0n) is 19.5. The Kier molecular flexibility index (Phi) is 5.93. The van der Waals surface area contributed by atoms with Crippen molar-refractivity contribution in [3.63, 3.8) is 0 Å². The Labute approximate surface area is 205 Å². The highest BCUT2D eigenvalue weighted by atomic mass is 35.5. The number of rotatable bonds is 6. The molecule has 9 nitrogen and oxygen atoms in total. The molecular weight excluding hydrogens is 454 g/mol. The maximum atomic E-state index is 12.1. The van der Waals surface area contributed by atoms with Gasteiger partial charge in [-0.25, -0.2) is 9.97 Å². The number of halogens is 1. The van der Waals surface area contributed by atoms with Gasteiger partial charge in [0.15, 0.2) is 0 Å². The molecule has 1 aromatic heterocycles. The van der Waals surface area contributed by atoms with Crippen LogP contribution in [0.2, 0.25) is 5.15 Å². The zero-order chi connectivity index (χ0) is 24.1. The van der Waals surface area contributed by atoms with Gasteiger partial charge < -0.3 is 15.7 Å². The number of piperazine rings is 1. The number of hydrogen-bond acceptors (Lipinski definition) is 7. The van der Waals surface area contributed by atoms with E-state index in [1.807, 2.05) is 6.92 Å². The van der Waals surface area contributed by atoms with Crippen molar-refractivity contribution in [2.24, 2.45) is 33.9 Å². The van der Waals surface area contributed by atoms with E-state index in [0.717, 1.165) is 51.3 Å². The molecule has 1 saturated heterocycles. The molecule has 5 aliphatic rings. The van der Waals surface area contributed by atoms with Gasteiger partial charge in [0, 0.05) is 32.2 Å². The fourth-order valence-corrected chi connectivity index (χ4v) is 7.36. The minimum Gasteiger partial charge on any atom is -0.481 e. The van der Waals surface area contributed by atoms with E-state index in [-0.39, 0.29) is 24.3 Å². The van der Waals surface area contributed by atoms with Crippen molar-refractivity contribution in [2.45, 2.75) is 57.0 Å². The molecule has 5 fully saturated rings. The number of carboxylic acid groups (broad SMARTS) is 1. The smallest absolute Gasteiger partial charge is 0.309 e. The molecule has 2 heterocycles. The van der Waals surface area contributed by atoms with Crippen LogP contribution in [0.25, 0.3) is 0 Å². The molecule has 1 aliphatic heterocycles. The second-order valence-corrected chi connectivity index (χ2v) is 11.2. The minimum atomic E-state index is -0.663. The van der Waals surface area contributed by atoms with Crippen molar-refractivity contribution >= 4 is 29.2 Å². The first-order chi connectivity index (χ1) is 16.2. The lowest BCUT2D eigenvalue weighted by Crippen LogP contribution is -2.62. The predicted octanol–water partition coefficient (Wildman–Crippen LogP) is 2.56. The van der Waals surface area contributed by atoms with Crippen LogP contribution in [0, 0.1) is 34.5 Å². The Morgan fingerprint density at radius 2 is 1.97 bits per heavy atom. The van der Waals surface area contributed by atoms with E-state index in [4.69, 9.17) is 22.3 Å². The monoisotopic (exact) mass is 485 g/mol. The molecule has 0 aromatic carbocycles. The highest BCUT2D eigenvalue weighted by molar-refractivity contribution is 6.29. The Hall–Kier alpha value is -2.44. The molecule has 4 bridgehead atoms. The number of hydrogen-bond donors (Lipinski definition) is 2. The summed E-state index contributed by atoms with van der Waals surface area (Å²) < 4.78 is 0. The lowest BCUT2D eigenvalue weighted by Gasteiger charge is -2.57. The van der Waals surface area contributed by atoms with Gasteiger partial charge in [-0.1, -0.05) is 11.6 Å². The number of anilines is 1. The lowest BCUT2D eigenvalue weighted by atomic mass is 9.48. The van der Waals surface area contributed by atoms with Crippen LogP contribution >= 0.6 is 11.6 Å². The Morgan fingerprint density at radius 1 is 1.29 bits per heavy atom. The largest absolute Gasteiger partial charge is 0.481 e. The second kappa shape index (κ2) is 8.65. The van der Waals surface area contributed by atoms with E-state index in [0.29, 0.717) is 29.7 Å². The maximum Gasteiger partial charge on any atom is 0.309 e. The van der Waals surface area contributed by atoms with Crippen molar-refractivity contribution < 1.29 is 9.90 Å². The first kappa shape index (κ1) is 23.3. The van der Waals surface area contributed by atoms with Crippen molar-refractivity contribution in [1.29, 1.82) is 5.26 Å². The topological polar surface area (TPSA) is 132 Å². The summed E-state index contributed by atoms with van der Waals surface area (Å²) in [5.41, 5.74) is 5.47. The third kappa shape index (κ3) is 3.91. The Morgan fingerprint density at radius 3 is 2.56 bits per heavy atom. The number of carbonyl (C=O) groups is 1. The van der Waals surface area contributed by atoms with Crippen molar-refractivity contribution in [2.75, 3.05) is 31.1 Å². The number of amidine groups is 1. The molecule has 0 radical (unpaired) electrons. The summed E-state index contributed by atoms with van der Waals surface area (Å²) in [5, 5.41) is 20.0. The quantitative estimate of drug-likeness (QED) is 0.357. The number of nitriles is 1. The molecule has 1 aromatic rings. The van der Waals surface area contributed by atoms with E-state index in [2.05, 4.69) is 25.8 Å². The van der Waals surface area contributed by atoms with Crippen LogP contribution in [0.3, 0.4) is 0 Å². The number of nitrogens with zero attached hydrogens (tertiary/aromatic N) is 6. The van der Waals surface area contributed by atoms with Gasteiger partial charge in [-0.3, -0.25) is 14.7 Å². The van der Waals surface area contributed by atoms with Crippen LogP contribution in [0.5, 0.6) is 0 Å². The first-order valence-electron chi connectivity index (χ1n) is 12.2. The summed E-state index contributed by atoms with van der Waals surface area (Å²) in [6, 6.07) is 4.15. The number of carboxylic acids is 1. The highest BCUT2D eigenvalue weighted by Crippen LogP contribution is 2.61. The van der Waals surface area contributed by atoms with E-state index < -0.39 is 16.9 Å². The first-order valence-corrected chi connectivity index (χ1v) is 12.5. The van der Waals surface area contributed by atoms with E-state index in [1.165, 1.54) is 6.33 Å². The van der Waals surface area contributed by atoms with Crippen LogP contribution in [-0.2, 0) is 4.79 Å². The van der Waals surface area contributed by atoms with E-state index in [1.54, 1.807) is 6.07 Å². The van der Waals surface area contributed by atoms with Crippen molar-refractivity contribution in [3.05, 3.63) is 17.5 Å². The van der Waals surface area contributed by atoms with Gasteiger partial charge in [-0.05, 0) is 56.8 Å². The molecule has 0 amide bonds. The standard InChI is InChI=1S/C24H32ClN7O2/c1-23(2-3-26,32-6-4-31(5-7-32)19-10-18(25)28-14-29-19)21(27)30-20-16-8-15-9-17(20)13-24(11-15,12-16)22(33)34/h10,14-17,20H,2,4-9,11-13H2,1H3,(H2,27,30)(H,33,34). The van der Waals surface area contributed by atoms with E-state index in [9.17, 15) is 15.2 Å². The molecule has 3 N–H and O–H groups in total. The average molecular weight is 486 g/mol. The summed E-state index contributed by atoms with van der Waals surface area (Å²) in [7, 11) is 0.